The van der Waals surface area contributed by atoms with Crippen LogP contribution < -0.4 is 0 Å². The van der Waals surface area contributed by atoms with Crippen LogP contribution in [0.1, 0.15) is 26.5 Å². The molecule has 1 aliphatic rings. The third kappa shape index (κ3) is 3.78. The van der Waals surface area contributed by atoms with Crippen LogP contribution in [0.3, 0.4) is 0 Å². The first-order valence-corrected chi connectivity index (χ1v) is 9.24. The minimum atomic E-state index is -0.544. The van der Waals surface area contributed by atoms with Crippen LogP contribution in [0.5, 0.6) is 0 Å². The van der Waals surface area contributed by atoms with E-state index in [1.807, 2.05) is 32.0 Å². The van der Waals surface area contributed by atoms with Crippen LogP contribution in [0.4, 0.5) is 0 Å². The monoisotopic (exact) mass is 394 g/mol. The molecule has 0 unspecified atom stereocenters. The fourth-order valence-corrected chi connectivity index (χ4v) is 3.13. The number of nitrogens with zero attached hydrogens (tertiary/aromatic N) is 2. The van der Waals surface area contributed by atoms with Crippen LogP contribution in [0, 0.1) is 17.2 Å². The maximum Gasteiger partial charge on any atom is 0.271 e. The van der Waals surface area contributed by atoms with Crippen molar-refractivity contribution >= 4 is 29.5 Å². The third-order valence-corrected chi connectivity index (χ3v) is 4.67. The topological polar surface area (TPSA) is 74.3 Å². The normalized spacial score (nSPS) is 16.3. The van der Waals surface area contributed by atoms with E-state index >= 15 is 0 Å². The molecule has 0 atom stereocenters. The Morgan fingerprint density at radius 1 is 1.14 bits per heavy atom. The number of amides is 2. The fraction of sp³-hybridized carbons (Fsp3) is 0.227. The molecule has 28 heavy (non-hydrogen) atoms. The summed E-state index contributed by atoms with van der Waals surface area (Å²) in [7, 11) is 0. The van der Waals surface area contributed by atoms with E-state index in [0.29, 0.717) is 22.1 Å². The molecule has 0 N–H and O–H groups in total. The van der Waals surface area contributed by atoms with Gasteiger partial charge < -0.3 is 4.42 Å². The van der Waals surface area contributed by atoms with Gasteiger partial charge in [-0.3, -0.25) is 14.5 Å². The summed E-state index contributed by atoms with van der Waals surface area (Å²) in [5.74, 6) is 0.220. The molecule has 5 nitrogen and oxygen atoms in total. The Hall–Kier alpha value is -3.10. The molecule has 0 radical (unpaired) electrons. The largest absolute Gasteiger partial charge is 0.457 e. The average Bonchev–Trinajstić information content (AvgIpc) is 3.12. The van der Waals surface area contributed by atoms with Gasteiger partial charge in [0.25, 0.3) is 11.8 Å². The second kappa shape index (κ2) is 7.87. The number of carbonyl (C=O) groups is 2. The molecule has 2 heterocycles. The lowest BCUT2D eigenvalue weighted by Gasteiger charge is -2.28. The van der Waals surface area contributed by atoms with Gasteiger partial charge in [0, 0.05) is 22.7 Å². The summed E-state index contributed by atoms with van der Waals surface area (Å²) in [6, 6.07) is 12.7. The Labute approximate surface area is 168 Å². The summed E-state index contributed by atoms with van der Waals surface area (Å²) in [6.07, 6.45) is 1.58. The van der Waals surface area contributed by atoms with Crippen molar-refractivity contribution in [3.63, 3.8) is 0 Å². The van der Waals surface area contributed by atoms with Gasteiger partial charge in [-0.05, 0) is 60.9 Å². The molecule has 0 fully saturated rings. The minimum Gasteiger partial charge on any atom is -0.457 e. The van der Waals surface area contributed by atoms with Crippen molar-refractivity contribution in [3.05, 3.63) is 63.9 Å². The van der Waals surface area contributed by atoms with Crippen molar-refractivity contribution in [2.45, 2.75) is 20.8 Å². The van der Waals surface area contributed by atoms with E-state index in [0.717, 1.165) is 10.5 Å². The van der Waals surface area contributed by atoms with Crippen molar-refractivity contribution in [3.8, 4) is 17.4 Å². The number of imide groups is 1. The first-order valence-electron chi connectivity index (χ1n) is 8.86. The van der Waals surface area contributed by atoms with Gasteiger partial charge in [0.2, 0.25) is 0 Å². The molecule has 0 bridgehead atoms. The molecule has 0 saturated heterocycles. The first kappa shape index (κ1) is 19.7. The number of rotatable bonds is 4. The smallest absolute Gasteiger partial charge is 0.271 e. The van der Waals surface area contributed by atoms with E-state index < -0.39 is 11.8 Å². The van der Waals surface area contributed by atoms with Crippen LogP contribution in [0.25, 0.3) is 17.4 Å². The maximum absolute atomic E-state index is 12.9. The zero-order valence-electron chi connectivity index (χ0n) is 15.8. The molecule has 0 spiro atoms. The van der Waals surface area contributed by atoms with Crippen LogP contribution in [-0.4, -0.2) is 23.3 Å². The van der Waals surface area contributed by atoms with Gasteiger partial charge in [-0.25, -0.2) is 0 Å². The van der Waals surface area contributed by atoms with Gasteiger partial charge >= 0.3 is 0 Å². The summed E-state index contributed by atoms with van der Waals surface area (Å²) in [5.41, 5.74) is 1.48. The van der Waals surface area contributed by atoms with Crippen molar-refractivity contribution in [1.82, 2.24) is 4.90 Å². The number of benzene rings is 1. The number of hydrogen-bond acceptors (Lipinski definition) is 4. The number of halogens is 1. The van der Waals surface area contributed by atoms with Crippen molar-refractivity contribution in [2.24, 2.45) is 5.92 Å². The molecular weight excluding hydrogens is 376 g/mol. The van der Waals surface area contributed by atoms with Gasteiger partial charge in [-0.2, -0.15) is 5.26 Å². The van der Waals surface area contributed by atoms with E-state index in [4.69, 9.17) is 16.0 Å². The first-order chi connectivity index (χ1) is 13.3. The van der Waals surface area contributed by atoms with Crippen LogP contribution in [-0.2, 0) is 9.59 Å². The van der Waals surface area contributed by atoms with Crippen LogP contribution >= 0.6 is 11.6 Å². The van der Waals surface area contributed by atoms with E-state index in [9.17, 15) is 14.9 Å². The van der Waals surface area contributed by atoms with Gasteiger partial charge in [-0.15, -0.1) is 0 Å². The number of nitriles is 1. The lowest BCUT2D eigenvalue weighted by molar-refractivity contribution is -0.141. The second-order valence-electron chi connectivity index (χ2n) is 6.99. The maximum atomic E-state index is 12.9. The van der Waals surface area contributed by atoms with Gasteiger partial charge in [0.05, 0.1) is 0 Å². The highest BCUT2D eigenvalue weighted by Crippen LogP contribution is 2.30. The number of hydrogen-bond donors (Lipinski definition) is 0. The molecule has 142 valence electrons. The molecular formula is C22H19ClN2O3. The summed E-state index contributed by atoms with van der Waals surface area (Å²) >= 11 is 5.91. The van der Waals surface area contributed by atoms with E-state index in [-0.39, 0.29) is 23.6 Å². The number of carbonyl (C=O) groups excluding carboxylic acids is 2. The summed E-state index contributed by atoms with van der Waals surface area (Å²) < 4.78 is 5.84. The SMILES string of the molecule is CC1=C(C#N)C(=O)N(CC(C)C)C(=O)/C1=C/c1ccc(-c2ccc(Cl)cc2)o1. The van der Waals surface area contributed by atoms with Crippen molar-refractivity contribution in [2.75, 3.05) is 6.54 Å². The summed E-state index contributed by atoms with van der Waals surface area (Å²) in [4.78, 5) is 26.5. The lowest BCUT2D eigenvalue weighted by atomic mass is 9.94. The van der Waals surface area contributed by atoms with E-state index in [1.54, 1.807) is 37.3 Å². The molecule has 1 aromatic carbocycles. The Morgan fingerprint density at radius 3 is 2.43 bits per heavy atom. The van der Waals surface area contributed by atoms with E-state index in [2.05, 4.69) is 0 Å². The molecule has 1 aromatic heterocycles. The average molecular weight is 395 g/mol. The molecule has 2 amide bonds. The quantitative estimate of drug-likeness (QED) is 0.548. The Morgan fingerprint density at radius 2 is 1.82 bits per heavy atom. The molecule has 6 heteroatoms. The standard InChI is InChI=1S/C22H19ClN2O3/c1-13(2)12-25-21(26)18(14(3)19(11-24)22(25)27)10-17-8-9-20(28-17)15-4-6-16(23)7-5-15/h4-10,13H,12H2,1-3H3/b18-10+. The molecule has 1 aliphatic heterocycles. The fourth-order valence-electron chi connectivity index (χ4n) is 3.00. The van der Waals surface area contributed by atoms with Crippen molar-refractivity contribution in [1.29, 1.82) is 5.26 Å². The minimum absolute atomic E-state index is 0.0176. The second-order valence-corrected chi connectivity index (χ2v) is 7.43. The van der Waals surface area contributed by atoms with Gasteiger partial charge in [0.1, 0.15) is 23.2 Å². The predicted molar refractivity (Wildman–Crippen MR) is 107 cm³/mol. The number of furan rings is 1. The Kier molecular flexibility index (Phi) is 5.53. The highest BCUT2D eigenvalue weighted by Gasteiger charge is 2.35. The van der Waals surface area contributed by atoms with Crippen molar-refractivity contribution < 1.29 is 14.0 Å². The summed E-state index contributed by atoms with van der Waals surface area (Å²) in [5, 5.41) is 10.0. The van der Waals surface area contributed by atoms with Crippen LogP contribution in [0.2, 0.25) is 5.02 Å². The van der Waals surface area contributed by atoms with E-state index in [1.165, 1.54) is 0 Å². The Bertz CT molecular complexity index is 1040. The lowest BCUT2D eigenvalue weighted by Crippen LogP contribution is -2.44. The molecule has 3 rings (SSSR count). The van der Waals surface area contributed by atoms with Gasteiger partial charge in [0.15, 0.2) is 0 Å². The van der Waals surface area contributed by atoms with Gasteiger partial charge in [-0.1, -0.05) is 25.4 Å². The third-order valence-electron chi connectivity index (χ3n) is 4.42. The molecule has 0 aliphatic carbocycles. The van der Waals surface area contributed by atoms with Crippen LogP contribution in [0.15, 0.2) is 57.5 Å². The Balaban J connectivity index is 2.01. The summed E-state index contributed by atoms with van der Waals surface area (Å²) in [6.45, 7) is 5.68. The highest BCUT2D eigenvalue weighted by molar-refractivity contribution is 6.30. The molecule has 0 saturated carbocycles. The molecule has 2 aromatic rings. The zero-order chi connectivity index (χ0) is 20.4. The highest BCUT2D eigenvalue weighted by atomic mass is 35.5. The predicted octanol–water partition coefficient (Wildman–Crippen LogP) is 4.85. The zero-order valence-corrected chi connectivity index (χ0v) is 16.6.